The summed E-state index contributed by atoms with van der Waals surface area (Å²) in [4.78, 5) is 31.5. The van der Waals surface area contributed by atoms with Gasteiger partial charge in [-0.25, -0.2) is 0 Å². The lowest BCUT2D eigenvalue weighted by molar-refractivity contribution is -0.122. The number of nitrogens with one attached hydrogen (secondary N) is 2. The Morgan fingerprint density at radius 1 is 0.882 bits per heavy atom. The summed E-state index contributed by atoms with van der Waals surface area (Å²) in [6.45, 7) is 1.56. The Hall–Kier alpha value is -4.04. The minimum Gasteiger partial charge on any atom is -0.497 e. The minimum atomic E-state index is -0.416. The number of hydrogen-bond acceptors (Lipinski definition) is 5. The lowest BCUT2D eigenvalue weighted by Gasteiger charge is -2.11. The van der Waals surface area contributed by atoms with Crippen molar-refractivity contribution in [1.82, 2.24) is 19.8 Å². The minimum absolute atomic E-state index is 0.346. The van der Waals surface area contributed by atoms with Gasteiger partial charge in [0.2, 0.25) is 0 Å². The van der Waals surface area contributed by atoms with Gasteiger partial charge in [0.1, 0.15) is 11.5 Å². The highest BCUT2D eigenvalue weighted by molar-refractivity contribution is 6.50. The van der Waals surface area contributed by atoms with E-state index in [1.807, 2.05) is 56.7 Å². The number of methoxy groups -OCH3 is 2. The molecule has 8 nitrogen and oxygen atoms in total. The van der Waals surface area contributed by atoms with Gasteiger partial charge in [-0.05, 0) is 50.5 Å². The Kier molecular flexibility index (Phi) is 5.37. The lowest BCUT2D eigenvalue weighted by Crippen LogP contribution is -2.22. The van der Waals surface area contributed by atoms with Crippen LogP contribution in [-0.2, 0) is 16.1 Å². The molecule has 4 aromatic rings. The van der Waals surface area contributed by atoms with Crippen LogP contribution in [0.2, 0.25) is 0 Å². The maximum absolute atomic E-state index is 13.2. The van der Waals surface area contributed by atoms with Crippen molar-refractivity contribution in [3.05, 3.63) is 59.9 Å². The molecule has 0 unspecified atom stereocenters. The second-order valence-electron chi connectivity index (χ2n) is 8.57. The highest BCUT2D eigenvalue weighted by Crippen LogP contribution is 2.39. The van der Waals surface area contributed by atoms with Crippen molar-refractivity contribution >= 4 is 44.8 Å². The molecule has 2 N–H and O–H groups in total. The van der Waals surface area contributed by atoms with Crippen molar-refractivity contribution in [2.45, 2.75) is 6.54 Å². The molecule has 8 heteroatoms. The molecule has 2 aromatic heterocycles. The number of rotatable bonds is 7. The number of aromatic nitrogens is 2. The van der Waals surface area contributed by atoms with Crippen molar-refractivity contribution in [2.75, 3.05) is 34.9 Å². The third-order valence-corrected chi connectivity index (χ3v) is 6.24. The predicted octanol–water partition coefficient (Wildman–Crippen LogP) is 3.27. The zero-order valence-electron chi connectivity index (χ0n) is 19.6. The van der Waals surface area contributed by atoms with Gasteiger partial charge in [0.25, 0.3) is 11.8 Å². The molecule has 0 fully saturated rings. The highest BCUT2D eigenvalue weighted by atomic mass is 16.5. The SMILES string of the molecule is COc1ccc2[nH]cc(C3=C(c4cn(CCN(C)C)c5ccc(OC)cc45)C(=O)NC3=O)c2c1. The molecule has 0 radical (unpaired) electrons. The average molecular weight is 459 g/mol. The summed E-state index contributed by atoms with van der Waals surface area (Å²) >= 11 is 0. The van der Waals surface area contributed by atoms with E-state index in [9.17, 15) is 9.59 Å². The van der Waals surface area contributed by atoms with Crippen LogP contribution >= 0.6 is 0 Å². The zero-order valence-corrected chi connectivity index (χ0v) is 19.6. The first-order valence-corrected chi connectivity index (χ1v) is 11.0. The molecule has 5 rings (SSSR count). The van der Waals surface area contributed by atoms with Crippen molar-refractivity contribution in [3.8, 4) is 11.5 Å². The van der Waals surface area contributed by atoms with Gasteiger partial charge in [-0.15, -0.1) is 0 Å². The van der Waals surface area contributed by atoms with Gasteiger partial charge in [-0.1, -0.05) is 0 Å². The number of carbonyl (C=O) groups is 2. The molecule has 1 aliphatic rings. The number of carbonyl (C=O) groups excluding carboxylic acids is 2. The maximum atomic E-state index is 13.2. The molecule has 3 heterocycles. The monoisotopic (exact) mass is 458 g/mol. The number of aromatic amines is 1. The molecule has 0 aliphatic carbocycles. The van der Waals surface area contributed by atoms with Gasteiger partial charge in [0.05, 0.1) is 25.4 Å². The Bertz CT molecular complexity index is 1480. The fourth-order valence-corrected chi connectivity index (χ4v) is 4.50. The van der Waals surface area contributed by atoms with E-state index in [1.54, 1.807) is 20.4 Å². The van der Waals surface area contributed by atoms with E-state index in [0.29, 0.717) is 33.8 Å². The average Bonchev–Trinajstić information content (AvgIpc) is 3.49. The van der Waals surface area contributed by atoms with E-state index < -0.39 is 11.8 Å². The van der Waals surface area contributed by atoms with E-state index >= 15 is 0 Å². The Morgan fingerprint density at radius 3 is 2.21 bits per heavy atom. The molecular formula is C26H26N4O4. The van der Waals surface area contributed by atoms with Gasteiger partial charge in [0, 0.05) is 58.4 Å². The van der Waals surface area contributed by atoms with E-state index in [4.69, 9.17) is 9.47 Å². The van der Waals surface area contributed by atoms with Crippen LogP contribution in [0, 0.1) is 0 Å². The van der Waals surface area contributed by atoms with Gasteiger partial charge in [-0.2, -0.15) is 0 Å². The van der Waals surface area contributed by atoms with Gasteiger partial charge in [-0.3, -0.25) is 14.9 Å². The first-order valence-electron chi connectivity index (χ1n) is 11.0. The number of likely N-dealkylation sites (N-methyl/N-ethyl adjacent to an activating group) is 1. The fraction of sp³-hybridized carbons (Fsp3) is 0.231. The molecule has 174 valence electrons. The van der Waals surface area contributed by atoms with Crippen molar-refractivity contribution in [3.63, 3.8) is 0 Å². The first kappa shape index (κ1) is 21.8. The van der Waals surface area contributed by atoms with Gasteiger partial charge in [0.15, 0.2) is 0 Å². The molecular weight excluding hydrogens is 432 g/mol. The Balaban J connectivity index is 1.78. The second kappa shape index (κ2) is 8.39. The van der Waals surface area contributed by atoms with Crippen LogP contribution in [0.3, 0.4) is 0 Å². The highest BCUT2D eigenvalue weighted by Gasteiger charge is 2.35. The number of fused-ring (bicyclic) bond motifs is 2. The normalized spacial score (nSPS) is 14.0. The van der Waals surface area contributed by atoms with Crippen LogP contribution < -0.4 is 14.8 Å². The van der Waals surface area contributed by atoms with E-state index in [0.717, 1.165) is 34.9 Å². The van der Waals surface area contributed by atoms with E-state index in [-0.39, 0.29) is 0 Å². The molecule has 1 aliphatic heterocycles. The number of amides is 2. The van der Waals surface area contributed by atoms with Crippen LogP contribution in [0.15, 0.2) is 48.8 Å². The number of imide groups is 1. The zero-order chi connectivity index (χ0) is 24.0. The topological polar surface area (TPSA) is 88.6 Å². The number of ether oxygens (including phenoxy) is 2. The third kappa shape index (κ3) is 3.52. The summed E-state index contributed by atoms with van der Waals surface area (Å²) in [6.07, 6.45) is 3.72. The molecule has 34 heavy (non-hydrogen) atoms. The summed E-state index contributed by atoms with van der Waals surface area (Å²) < 4.78 is 13.0. The Labute approximate surface area is 196 Å². The lowest BCUT2D eigenvalue weighted by atomic mass is 9.95. The predicted molar refractivity (Wildman–Crippen MR) is 132 cm³/mol. The van der Waals surface area contributed by atoms with Gasteiger partial charge >= 0.3 is 0 Å². The number of benzene rings is 2. The van der Waals surface area contributed by atoms with Crippen LogP contribution in [0.25, 0.3) is 33.0 Å². The van der Waals surface area contributed by atoms with E-state index in [1.165, 1.54) is 0 Å². The molecule has 0 bridgehead atoms. The molecule has 0 saturated heterocycles. The van der Waals surface area contributed by atoms with Crippen molar-refractivity contribution < 1.29 is 19.1 Å². The molecule has 0 atom stereocenters. The fourth-order valence-electron chi connectivity index (χ4n) is 4.50. The molecule has 2 aromatic carbocycles. The summed E-state index contributed by atoms with van der Waals surface area (Å²) in [7, 11) is 7.24. The summed E-state index contributed by atoms with van der Waals surface area (Å²) in [6, 6.07) is 11.4. The number of nitrogens with zero attached hydrogens (tertiary/aromatic N) is 2. The quantitative estimate of drug-likeness (QED) is 0.415. The van der Waals surface area contributed by atoms with Crippen LogP contribution in [-0.4, -0.2) is 61.1 Å². The number of H-pyrrole nitrogens is 1. The third-order valence-electron chi connectivity index (χ3n) is 6.24. The standard InChI is InChI=1S/C26H26N4O4/c1-29(2)9-10-30-14-20(18-12-16(34-4)6-8-22(18)30)24-23(25(31)28-26(24)32)19-13-27-21-7-5-15(33-3)11-17(19)21/h5-8,11-14,27H,9-10H2,1-4H3,(H,28,31,32). The molecule has 0 saturated carbocycles. The maximum Gasteiger partial charge on any atom is 0.259 e. The first-order chi connectivity index (χ1) is 16.4. The van der Waals surface area contributed by atoms with Gasteiger partial charge < -0.3 is 23.9 Å². The van der Waals surface area contributed by atoms with Crippen molar-refractivity contribution in [2.24, 2.45) is 0 Å². The Morgan fingerprint density at radius 2 is 1.53 bits per heavy atom. The van der Waals surface area contributed by atoms with Crippen LogP contribution in [0.5, 0.6) is 11.5 Å². The second-order valence-corrected chi connectivity index (χ2v) is 8.57. The summed E-state index contributed by atoms with van der Waals surface area (Å²) in [5.74, 6) is 0.528. The van der Waals surface area contributed by atoms with Crippen LogP contribution in [0.4, 0.5) is 0 Å². The number of hydrogen-bond donors (Lipinski definition) is 2. The molecule has 2 amide bonds. The van der Waals surface area contributed by atoms with E-state index in [2.05, 4.69) is 19.8 Å². The summed E-state index contributed by atoms with van der Waals surface area (Å²) in [5.41, 5.74) is 3.88. The largest absolute Gasteiger partial charge is 0.497 e. The summed E-state index contributed by atoms with van der Waals surface area (Å²) in [5, 5.41) is 4.17. The van der Waals surface area contributed by atoms with Crippen molar-refractivity contribution in [1.29, 1.82) is 0 Å². The smallest absolute Gasteiger partial charge is 0.259 e. The van der Waals surface area contributed by atoms with Crippen LogP contribution in [0.1, 0.15) is 11.1 Å². The molecule has 0 spiro atoms.